The third-order valence-electron chi connectivity index (χ3n) is 3.19. The summed E-state index contributed by atoms with van der Waals surface area (Å²) in [6.07, 6.45) is 0. The van der Waals surface area contributed by atoms with Gasteiger partial charge in [0.1, 0.15) is 5.69 Å². The Morgan fingerprint density at radius 3 is 2.46 bits per heavy atom. The number of hydrogen-bond acceptors (Lipinski definition) is 5. The predicted molar refractivity (Wildman–Crippen MR) is 104 cm³/mol. The third-order valence-corrected chi connectivity index (χ3v) is 6.17. The van der Waals surface area contributed by atoms with Crippen molar-refractivity contribution >= 4 is 61.3 Å². The van der Waals surface area contributed by atoms with Crippen molar-refractivity contribution in [3.63, 3.8) is 0 Å². The van der Waals surface area contributed by atoms with Crippen LogP contribution in [0.5, 0.6) is 0 Å². The van der Waals surface area contributed by atoms with Crippen LogP contribution in [0.1, 0.15) is 10.5 Å². The van der Waals surface area contributed by atoms with Crippen LogP contribution < -0.4 is 10.0 Å². The first-order chi connectivity index (χ1) is 12.3. The number of nitrogens with zero attached hydrogens (tertiary/aromatic N) is 1. The Kier molecular flexibility index (Phi) is 5.47. The minimum atomic E-state index is -3.76. The van der Waals surface area contributed by atoms with Gasteiger partial charge in [-0.15, -0.1) is 11.3 Å². The van der Waals surface area contributed by atoms with E-state index in [0.29, 0.717) is 15.7 Å². The van der Waals surface area contributed by atoms with Crippen molar-refractivity contribution in [3.8, 4) is 0 Å². The number of nitrogens with one attached hydrogen (secondary N) is 2. The van der Waals surface area contributed by atoms with Crippen molar-refractivity contribution in [2.24, 2.45) is 0 Å². The first kappa shape index (κ1) is 18.7. The molecular formula is C16H11Cl2N3O3S2. The largest absolute Gasteiger partial charge is 0.321 e. The molecular weight excluding hydrogens is 417 g/mol. The number of benzene rings is 2. The van der Waals surface area contributed by atoms with Gasteiger partial charge in [-0.05, 0) is 30.3 Å². The van der Waals surface area contributed by atoms with Crippen LogP contribution in [0.3, 0.4) is 0 Å². The fourth-order valence-corrected chi connectivity index (χ4v) is 4.23. The van der Waals surface area contributed by atoms with Crippen molar-refractivity contribution < 1.29 is 13.2 Å². The number of amides is 1. The first-order valence-electron chi connectivity index (χ1n) is 7.15. The molecule has 2 N–H and O–H groups in total. The molecule has 1 aromatic heterocycles. The monoisotopic (exact) mass is 427 g/mol. The Balaban J connectivity index is 1.73. The maximum atomic E-state index is 12.3. The van der Waals surface area contributed by atoms with Gasteiger partial charge in [-0.25, -0.2) is 13.4 Å². The zero-order valence-corrected chi connectivity index (χ0v) is 16.1. The quantitative estimate of drug-likeness (QED) is 0.626. The van der Waals surface area contributed by atoms with E-state index in [2.05, 4.69) is 15.0 Å². The van der Waals surface area contributed by atoms with E-state index in [-0.39, 0.29) is 15.7 Å². The van der Waals surface area contributed by atoms with Crippen LogP contribution in [0.2, 0.25) is 10.0 Å². The summed E-state index contributed by atoms with van der Waals surface area (Å²) in [7, 11) is -3.76. The molecule has 3 rings (SSSR count). The van der Waals surface area contributed by atoms with E-state index in [4.69, 9.17) is 23.2 Å². The highest BCUT2D eigenvalue weighted by Crippen LogP contribution is 2.26. The number of thiazole rings is 1. The molecule has 134 valence electrons. The second-order valence-corrected chi connectivity index (χ2v) is 8.39. The molecule has 0 bridgehead atoms. The summed E-state index contributed by atoms with van der Waals surface area (Å²) in [5.41, 5.74) is 0.524. The number of aromatic nitrogens is 1. The number of carbonyl (C=O) groups excluding carboxylic acids is 1. The van der Waals surface area contributed by atoms with Gasteiger partial charge in [-0.2, -0.15) is 0 Å². The van der Waals surface area contributed by atoms with E-state index >= 15 is 0 Å². The predicted octanol–water partition coefficient (Wildman–Crippen LogP) is 4.50. The lowest BCUT2D eigenvalue weighted by Gasteiger charge is -2.05. The molecule has 26 heavy (non-hydrogen) atoms. The number of carbonyl (C=O) groups is 1. The minimum absolute atomic E-state index is 0.0758. The van der Waals surface area contributed by atoms with E-state index in [0.717, 1.165) is 11.3 Å². The van der Waals surface area contributed by atoms with Crippen molar-refractivity contribution in [1.82, 2.24) is 4.98 Å². The molecule has 0 aliphatic heterocycles. The molecule has 0 saturated heterocycles. The highest BCUT2D eigenvalue weighted by Gasteiger charge is 2.17. The molecule has 6 nitrogen and oxygen atoms in total. The average Bonchev–Trinajstić information content (AvgIpc) is 3.07. The Hall–Kier alpha value is -2.13. The molecule has 0 aliphatic rings. The summed E-state index contributed by atoms with van der Waals surface area (Å²) >= 11 is 12.7. The number of sulfonamides is 1. The fraction of sp³-hybridized carbons (Fsp3) is 0. The normalized spacial score (nSPS) is 11.2. The van der Waals surface area contributed by atoms with E-state index < -0.39 is 15.9 Å². The van der Waals surface area contributed by atoms with Crippen molar-refractivity contribution in [1.29, 1.82) is 0 Å². The zero-order valence-electron chi connectivity index (χ0n) is 12.9. The average molecular weight is 428 g/mol. The molecule has 0 aliphatic carbocycles. The van der Waals surface area contributed by atoms with Crippen molar-refractivity contribution in [3.05, 3.63) is 69.7 Å². The number of hydrogen-bond donors (Lipinski definition) is 2. The molecule has 2 aromatic carbocycles. The van der Waals surface area contributed by atoms with E-state index in [1.54, 1.807) is 30.3 Å². The van der Waals surface area contributed by atoms with Crippen LogP contribution in [0.15, 0.2) is 58.8 Å². The van der Waals surface area contributed by atoms with E-state index in [9.17, 15) is 13.2 Å². The standard InChI is InChI=1S/C16H11Cl2N3O3S2/c17-12-7-6-10(8-13(12)18)19-15(22)14-9-25-16(20-14)21-26(23,24)11-4-2-1-3-5-11/h1-9H,(H,19,22)(H,20,21). The van der Waals surface area contributed by atoms with E-state index in [1.807, 2.05) is 0 Å². The van der Waals surface area contributed by atoms with Crippen LogP contribution in [0, 0.1) is 0 Å². The summed E-state index contributed by atoms with van der Waals surface area (Å²) < 4.78 is 26.9. The Morgan fingerprint density at radius 2 is 1.77 bits per heavy atom. The van der Waals surface area contributed by atoms with Crippen LogP contribution >= 0.6 is 34.5 Å². The highest BCUT2D eigenvalue weighted by atomic mass is 35.5. The molecule has 0 fully saturated rings. The van der Waals surface area contributed by atoms with Gasteiger partial charge in [0.15, 0.2) is 5.13 Å². The zero-order chi connectivity index (χ0) is 18.7. The number of rotatable bonds is 5. The summed E-state index contributed by atoms with van der Waals surface area (Å²) in [5, 5.41) is 4.84. The van der Waals surface area contributed by atoms with Gasteiger partial charge in [-0.1, -0.05) is 41.4 Å². The number of halogens is 2. The molecule has 3 aromatic rings. The summed E-state index contributed by atoms with van der Waals surface area (Å²) in [6, 6.07) is 12.5. The van der Waals surface area contributed by atoms with E-state index in [1.165, 1.54) is 23.6 Å². The van der Waals surface area contributed by atoms with Gasteiger partial charge >= 0.3 is 0 Å². The second-order valence-electron chi connectivity index (χ2n) is 5.04. The van der Waals surface area contributed by atoms with Crippen molar-refractivity contribution in [2.75, 3.05) is 10.0 Å². The lowest BCUT2D eigenvalue weighted by atomic mass is 10.3. The van der Waals surface area contributed by atoms with Crippen LogP contribution in [0.4, 0.5) is 10.8 Å². The highest BCUT2D eigenvalue weighted by molar-refractivity contribution is 7.93. The molecule has 0 radical (unpaired) electrons. The topological polar surface area (TPSA) is 88.2 Å². The molecule has 0 atom stereocenters. The molecule has 0 spiro atoms. The summed E-state index contributed by atoms with van der Waals surface area (Å²) in [4.78, 5) is 16.4. The first-order valence-corrected chi connectivity index (χ1v) is 10.3. The molecule has 0 saturated carbocycles. The van der Waals surface area contributed by atoms with Crippen LogP contribution in [-0.2, 0) is 10.0 Å². The van der Waals surface area contributed by atoms with Crippen LogP contribution in [0.25, 0.3) is 0 Å². The Morgan fingerprint density at radius 1 is 1.04 bits per heavy atom. The summed E-state index contributed by atoms with van der Waals surface area (Å²) in [6.45, 7) is 0. The third kappa shape index (κ3) is 4.34. The second kappa shape index (κ2) is 7.63. The Bertz CT molecular complexity index is 1050. The lowest BCUT2D eigenvalue weighted by Crippen LogP contribution is -2.14. The van der Waals surface area contributed by atoms with Gasteiger partial charge in [0.05, 0.1) is 14.9 Å². The maximum Gasteiger partial charge on any atom is 0.275 e. The minimum Gasteiger partial charge on any atom is -0.321 e. The van der Waals surface area contributed by atoms with Gasteiger partial charge in [0.25, 0.3) is 15.9 Å². The lowest BCUT2D eigenvalue weighted by molar-refractivity contribution is 0.102. The van der Waals surface area contributed by atoms with Gasteiger partial charge < -0.3 is 5.32 Å². The van der Waals surface area contributed by atoms with Gasteiger partial charge in [0.2, 0.25) is 0 Å². The summed E-state index contributed by atoms with van der Waals surface area (Å²) in [5.74, 6) is -0.496. The SMILES string of the molecule is O=C(Nc1ccc(Cl)c(Cl)c1)c1csc(NS(=O)(=O)c2ccccc2)n1. The maximum absolute atomic E-state index is 12.3. The molecule has 0 unspecified atom stereocenters. The van der Waals surface area contributed by atoms with Crippen LogP contribution in [-0.4, -0.2) is 19.3 Å². The molecule has 10 heteroatoms. The smallest absolute Gasteiger partial charge is 0.275 e. The fourth-order valence-electron chi connectivity index (χ4n) is 1.97. The van der Waals surface area contributed by atoms with Gasteiger partial charge in [-0.3, -0.25) is 9.52 Å². The van der Waals surface area contributed by atoms with Crippen molar-refractivity contribution in [2.45, 2.75) is 4.90 Å². The molecule has 1 amide bonds. The number of anilines is 2. The molecule has 1 heterocycles. The Labute approximate surface area is 163 Å². The van der Waals surface area contributed by atoms with Gasteiger partial charge in [0, 0.05) is 11.1 Å².